The Morgan fingerprint density at radius 2 is 2.19 bits per heavy atom. The minimum absolute atomic E-state index is 0.584. The number of methoxy groups -OCH3 is 1. The standard InChI is InChI=1S/C13H28N2O/c1-5-7-14-11(2)12(3)15-8-6-13(9-15)10-16-4/h11-14H,5-10H2,1-4H3. The van der Waals surface area contributed by atoms with Crippen molar-refractivity contribution in [3.63, 3.8) is 0 Å². The van der Waals surface area contributed by atoms with Gasteiger partial charge in [0, 0.05) is 25.7 Å². The third-order valence-electron chi connectivity index (χ3n) is 3.74. The molecule has 3 heteroatoms. The molecule has 0 spiro atoms. The smallest absolute Gasteiger partial charge is 0.0503 e. The van der Waals surface area contributed by atoms with Gasteiger partial charge in [-0.1, -0.05) is 6.92 Å². The second-order valence-electron chi connectivity index (χ2n) is 5.09. The van der Waals surface area contributed by atoms with Crippen LogP contribution in [0.25, 0.3) is 0 Å². The fourth-order valence-electron chi connectivity index (χ4n) is 2.46. The molecule has 3 nitrogen and oxygen atoms in total. The highest BCUT2D eigenvalue weighted by molar-refractivity contribution is 4.84. The van der Waals surface area contributed by atoms with Crippen LogP contribution in [0.2, 0.25) is 0 Å². The molecule has 16 heavy (non-hydrogen) atoms. The Morgan fingerprint density at radius 1 is 1.44 bits per heavy atom. The number of rotatable bonds is 7. The van der Waals surface area contributed by atoms with Crippen molar-refractivity contribution in [3.8, 4) is 0 Å². The van der Waals surface area contributed by atoms with E-state index in [1.54, 1.807) is 7.11 Å². The van der Waals surface area contributed by atoms with E-state index in [9.17, 15) is 0 Å². The van der Waals surface area contributed by atoms with Crippen LogP contribution in [-0.4, -0.2) is 50.3 Å². The van der Waals surface area contributed by atoms with Gasteiger partial charge in [-0.2, -0.15) is 0 Å². The minimum Gasteiger partial charge on any atom is -0.384 e. The van der Waals surface area contributed by atoms with E-state index in [4.69, 9.17) is 4.74 Å². The first kappa shape index (κ1) is 13.9. The normalized spacial score (nSPS) is 25.9. The Hall–Kier alpha value is -0.120. The molecule has 0 aromatic heterocycles. The van der Waals surface area contributed by atoms with Crippen LogP contribution >= 0.6 is 0 Å². The zero-order valence-corrected chi connectivity index (χ0v) is 11.3. The van der Waals surface area contributed by atoms with Crippen LogP contribution in [0.1, 0.15) is 33.6 Å². The van der Waals surface area contributed by atoms with E-state index < -0.39 is 0 Å². The third kappa shape index (κ3) is 4.04. The Balaban J connectivity index is 2.29. The second kappa shape index (κ2) is 7.25. The first-order valence-electron chi connectivity index (χ1n) is 6.65. The van der Waals surface area contributed by atoms with Gasteiger partial charge < -0.3 is 10.1 Å². The first-order chi connectivity index (χ1) is 7.69. The summed E-state index contributed by atoms with van der Waals surface area (Å²) in [6.45, 7) is 11.3. The SMILES string of the molecule is CCCNC(C)C(C)N1CCC(COC)C1. The molecule has 0 saturated carbocycles. The first-order valence-corrected chi connectivity index (χ1v) is 6.65. The van der Waals surface area contributed by atoms with Crippen molar-refractivity contribution in [1.29, 1.82) is 0 Å². The molecule has 1 heterocycles. The maximum absolute atomic E-state index is 5.24. The molecule has 0 aromatic rings. The van der Waals surface area contributed by atoms with E-state index in [1.807, 2.05) is 0 Å². The highest BCUT2D eigenvalue weighted by Gasteiger charge is 2.28. The van der Waals surface area contributed by atoms with Crippen LogP contribution < -0.4 is 5.32 Å². The van der Waals surface area contributed by atoms with E-state index in [1.165, 1.54) is 25.9 Å². The lowest BCUT2D eigenvalue weighted by molar-refractivity contribution is 0.143. The van der Waals surface area contributed by atoms with Crippen LogP contribution in [-0.2, 0) is 4.74 Å². The van der Waals surface area contributed by atoms with Gasteiger partial charge >= 0.3 is 0 Å². The number of hydrogen-bond acceptors (Lipinski definition) is 3. The van der Waals surface area contributed by atoms with Crippen LogP contribution in [0.15, 0.2) is 0 Å². The van der Waals surface area contributed by atoms with E-state index in [0.717, 1.165) is 19.1 Å². The number of hydrogen-bond donors (Lipinski definition) is 1. The molecule has 96 valence electrons. The molecule has 3 unspecified atom stereocenters. The third-order valence-corrected chi connectivity index (χ3v) is 3.74. The summed E-state index contributed by atoms with van der Waals surface area (Å²) >= 11 is 0. The van der Waals surface area contributed by atoms with Gasteiger partial charge in [0.1, 0.15) is 0 Å². The minimum atomic E-state index is 0.584. The number of nitrogens with one attached hydrogen (secondary N) is 1. The number of nitrogens with zero attached hydrogens (tertiary/aromatic N) is 1. The molecule has 1 fully saturated rings. The summed E-state index contributed by atoms with van der Waals surface area (Å²) in [7, 11) is 1.80. The van der Waals surface area contributed by atoms with Gasteiger partial charge in [-0.05, 0) is 45.7 Å². The van der Waals surface area contributed by atoms with E-state index in [0.29, 0.717) is 12.1 Å². The van der Waals surface area contributed by atoms with Gasteiger partial charge in [-0.3, -0.25) is 4.90 Å². The summed E-state index contributed by atoms with van der Waals surface area (Å²) in [4.78, 5) is 2.59. The quantitative estimate of drug-likeness (QED) is 0.718. The summed E-state index contributed by atoms with van der Waals surface area (Å²) in [5.41, 5.74) is 0. The largest absolute Gasteiger partial charge is 0.384 e. The molecular formula is C13H28N2O. The second-order valence-corrected chi connectivity index (χ2v) is 5.09. The summed E-state index contributed by atoms with van der Waals surface area (Å²) in [5, 5.41) is 3.58. The van der Waals surface area contributed by atoms with E-state index >= 15 is 0 Å². The molecule has 1 aliphatic rings. The van der Waals surface area contributed by atoms with Crippen molar-refractivity contribution in [2.24, 2.45) is 5.92 Å². The Bertz CT molecular complexity index is 187. The van der Waals surface area contributed by atoms with Crippen molar-refractivity contribution in [1.82, 2.24) is 10.2 Å². The van der Waals surface area contributed by atoms with Crippen LogP contribution in [0.5, 0.6) is 0 Å². The Kier molecular flexibility index (Phi) is 6.32. The summed E-state index contributed by atoms with van der Waals surface area (Å²) in [6, 6.07) is 1.22. The molecular weight excluding hydrogens is 200 g/mol. The fourth-order valence-corrected chi connectivity index (χ4v) is 2.46. The van der Waals surface area contributed by atoms with E-state index in [2.05, 4.69) is 31.0 Å². The van der Waals surface area contributed by atoms with Gasteiger partial charge in [-0.25, -0.2) is 0 Å². The van der Waals surface area contributed by atoms with Crippen LogP contribution in [0, 0.1) is 5.92 Å². The van der Waals surface area contributed by atoms with Gasteiger partial charge in [0.15, 0.2) is 0 Å². The molecule has 1 N–H and O–H groups in total. The predicted octanol–water partition coefficient (Wildman–Crippen LogP) is 1.73. The highest BCUT2D eigenvalue weighted by Crippen LogP contribution is 2.20. The fraction of sp³-hybridized carbons (Fsp3) is 1.00. The van der Waals surface area contributed by atoms with Crippen molar-refractivity contribution in [2.75, 3.05) is 33.4 Å². The lowest BCUT2D eigenvalue weighted by Crippen LogP contribution is -2.46. The molecule has 0 aliphatic carbocycles. The van der Waals surface area contributed by atoms with E-state index in [-0.39, 0.29) is 0 Å². The Labute approximate surface area is 101 Å². The molecule has 0 radical (unpaired) electrons. The maximum atomic E-state index is 5.24. The summed E-state index contributed by atoms with van der Waals surface area (Å²) in [5.74, 6) is 0.742. The van der Waals surface area contributed by atoms with Crippen LogP contribution in [0.4, 0.5) is 0 Å². The van der Waals surface area contributed by atoms with Crippen molar-refractivity contribution in [3.05, 3.63) is 0 Å². The number of ether oxygens (including phenoxy) is 1. The molecule has 1 aliphatic heterocycles. The zero-order chi connectivity index (χ0) is 12.0. The van der Waals surface area contributed by atoms with Gasteiger partial charge in [0.2, 0.25) is 0 Å². The zero-order valence-electron chi connectivity index (χ0n) is 11.3. The van der Waals surface area contributed by atoms with Crippen molar-refractivity contribution >= 4 is 0 Å². The Morgan fingerprint density at radius 3 is 2.81 bits per heavy atom. The molecule has 0 amide bonds. The maximum Gasteiger partial charge on any atom is 0.0503 e. The summed E-state index contributed by atoms with van der Waals surface area (Å²) < 4.78 is 5.24. The highest BCUT2D eigenvalue weighted by atomic mass is 16.5. The predicted molar refractivity (Wildman–Crippen MR) is 68.8 cm³/mol. The molecule has 0 aromatic carbocycles. The molecule has 1 rings (SSSR count). The number of likely N-dealkylation sites (tertiary alicyclic amines) is 1. The average Bonchev–Trinajstić information content (AvgIpc) is 2.74. The molecule has 0 bridgehead atoms. The lowest BCUT2D eigenvalue weighted by atomic mass is 10.1. The monoisotopic (exact) mass is 228 g/mol. The van der Waals surface area contributed by atoms with Gasteiger partial charge in [-0.15, -0.1) is 0 Å². The van der Waals surface area contributed by atoms with Crippen molar-refractivity contribution < 1.29 is 4.74 Å². The topological polar surface area (TPSA) is 24.5 Å². The van der Waals surface area contributed by atoms with Crippen LogP contribution in [0.3, 0.4) is 0 Å². The molecule has 3 atom stereocenters. The van der Waals surface area contributed by atoms with Gasteiger partial charge in [0.25, 0.3) is 0 Å². The molecule has 1 saturated heterocycles. The van der Waals surface area contributed by atoms with Crippen molar-refractivity contribution in [2.45, 2.75) is 45.7 Å². The lowest BCUT2D eigenvalue weighted by Gasteiger charge is -2.30. The summed E-state index contributed by atoms with van der Waals surface area (Å²) in [6.07, 6.45) is 2.50. The average molecular weight is 228 g/mol. The van der Waals surface area contributed by atoms with Gasteiger partial charge in [0.05, 0.1) is 6.61 Å².